The summed E-state index contributed by atoms with van der Waals surface area (Å²) < 4.78 is 0. The third-order valence-corrected chi connectivity index (χ3v) is 7.51. The molecular weight excluding hydrogens is 400 g/mol. The fraction of sp³-hybridized carbons (Fsp3) is 0.370. The number of aryl methyl sites for hydroxylation is 2. The van der Waals surface area contributed by atoms with Gasteiger partial charge in [0, 0.05) is 5.69 Å². The zero-order valence-corrected chi connectivity index (χ0v) is 18.7. The van der Waals surface area contributed by atoms with Crippen molar-refractivity contribution in [3.05, 3.63) is 70.8 Å². The molecule has 1 heterocycles. The molecule has 3 amide bonds. The Hall–Kier alpha value is -3.21. The van der Waals surface area contributed by atoms with Gasteiger partial charge in [0.05, 0.1) is 23.1 Å². The lowest BCUT2D eigenvalue weighted by Gasteiger charge is -2.21. The molecule has 2 aromatic carbocycles. The molecule has 0 spiro atoms. The van der Waals surface area contributed by atoms with Crippen molar-refractivity contribution in [1.29, 1.82) is 0 Å². The number of nitrogens with one attached hydrogen (secondary N) is 1. The molecule has 4 atom stereocenters. The Kier molecular flexibility index (Phi) is 5.00. The topological polar surface area (TPSA) is 66.5 Å². The number of amides is 3. The molecule has 32 heavy (non-hydrogen) atoms. The molecule has 1 saturated carbocycles. The maximum Gasteiger partial charge on any atom is 0.257 e. The normalized spacial score (nSPS) is 25.8. The average Bonchev–Trinajstić information content (AvgIpc) is 3.44. The van der Waals surface area contributed by atoms with Crippen LogP contribution in [0.3, 0.4) is 0 Å². The molecule has 2 fully saturated rings. The van der Waals surface area contributed by atoms with Crippen LogP contribution in [0, 0.1) is 23.7 Å². The second-order valence-corrected chi connectivity index (χ2v) is 9.11. The number of carbonyl (C=O) groups excluding carboxylic acids is 3. The Bertz CT molecular complexity index is 1140. The summed E-state index contributed by atoms with van der Waals surface area (Å²) in [6, 6.07) is 13.0. The van der Waals surface area contributed by atoms with Gasteiger partial charge in [-0.25, -0.2) is 4.90 Å². The first-order valence-electron chi connectivity index (χ1n) is 11.5. The van der Waals surface area contributed by atoms with E-state index >= 15 is 0 Å². The quantitative estimate of drug-likeness (QED) is 0.551. The maximum absolute atomic E-state index is 13.4. The standard InChI is InChI=1S/C27H28N2O3/c1-4-16-9-8-10-17(5-2)24(16)28-25(30)19-11-6-7-12-21(19)29-26(31)22-18-13-15(3)20(14-18)23(22)27(29)32/h6-13,18,20,22-23H,4-5,14H2,1-3H3,(H,28,30)/t18-,20+,22+,23+/m0/s1. The molecule has 2 aliphatic carbocycles. The third-order valence-electron chi connectivity index (χ3n) is 7.51. The molecular formula is C27H28N2O3. The second-order valence-electron chi connectivity index (χ2n) is 9.11. The van der Waals surface area contributed by atoms with Crippen LogP contribution in [0.15, 0.2) is 54.1 Å². The Morgan fingerprint density at radius 1 is 0.969 bits per heavy atom. The molecule has 5 heteroatoms. The summed E-state index contributed by atoms with van der Waals surface area (Å²) in [5.74, 6) is -0.929. The van der Waals surface area contributed by atoms with Crippen molar-refractivity contribution in [3.8, 4) is 0 Å². The lowest BCUT2D eigenvalue weighted by atomic mass is 9.82. The summed E-state index contributed by atoms with van der Waals surface area (Å²) in [6.07, 6.45) is 4.65. The first-order chi connectivity index (χ1) is 15.5. The van der Waals surface area contributed by atoms with Gasteiger partial charge in [-0.1, -0.05) is 55.8 Å². The highest BCUT2D eigenvalue weighted by molar-refractivity contribution is 6.25. The molecule has 164 valence electrons. The number of hydrogen-bond donors (Lipinski definition) is 1. The van der Waals surface area contributed by atoms with Gasteiger partial charge in [-0.2, -0.15) is 0 Å². The summed E-state index contributed by atoms with van der Waals surface area (Å²) in [5, 5.41) is 3.08. The Morgan fingerprint density at radius 3 is 2.31 bits per heavy atom. The van der Waals surface area contributed by atoms with Gasteiger partial charge in [0.25, 0.3) is 5.91 Å². The van der Waals surface area contributed by atoms with Crippen LogP contribution in [0.25, 0.3) is 0 Å². The van der Waals surface area contributed by atoms with Crippen LogP contribution in [0.2, 0.25) is 0 Å². The minimum absolute atomic E-state index is 0.135. The molecule has 3 aliphatic rings. The van der Waals surface area contributed by atoms with E-state index in [0.29, 0.717) is 11.3 Å². The smallest absolute Gasteiger partial charge is 0.257 e. The van der Waals surface area contributed by atoms with Gasteiger partial charge < -0.3 is 5.32 Å². The number of allylic oxidation sites excluding steroid dienone is 2. The van der Waals surface area contributed by atoms with Crippen molar-refractivity contribution < 1.29 is 14.4 Å². The predicted molar refractivity (Wildman–Crippen MR) is 124 cm³/mol. The largest absolute Gasteiger partial charge is 0.321 e. The highest BCUT2D eigenvalue weighted by atomic mass is 16.2. The van der Waals surface area contributed by atoms with Crippen molar-refractivity contribution in [2.24, 2.45) is 23.7 Å². The molecule has 0 radical (unpaired) electrons. The molecule has 1 saturated heterocycles. The van der Waals surface area contributed by atoms with Gasteiger partial charge in [0.2, 0.25) is 11.8 Å². The first kappa shape index (κ1) is 20.7. The molecule has 2 aromatic rings. The van der Waals surface area contributed by atoms with Gasteiger partial charge in [0.15, 0.2) is 0 Å². The number of fused-ring (bicyclic) bond motifs is 5. The highest BCUT2D eigenvalue weighted by Crippen LogP contribution is 2.56. The zero-order valence-electron chi connectivity index (χ0n) is 18.7. The third kappa shape index (κ3) is 2.94. The van der Waals surface area contributed by atoms with E-state index in [2.05, 4.69) is 32.2 Å². The van der Waals surface area contributed by atoms with Crippen LogP contribution in [0.5, 0.6) is 0 Å². The van der Waals surface area contributed by atoms with Crippen molar-refractivity contribution in [2.45, 2.75) is 40.0 Å². The predicted octanol–water partition coefficient (Wildman–Crippen LogP) is 4.77. The number of anilines is 2. The number of carbonyl (C=O) groups is 3. The highest BCUT2D eigenvalue weighted by Gasteiger charge is 2.61. The van der Waals surface area contributed by atoms with Crippen molar-refractivity contribution in [2.75, 3.05) is 10.2 Å². The van der Waals surface area contributed by atoms with E-state index in [1.807, 2.05) is 18.2 Å². The molecule has 1 N–H and O–H groups in total. The van der Waals surface area contributed by atoms with Crippen LogP contribution in [0.4, 0.5) is 11.4 Å². The molecule has 0 unspecified atom stereocenters. The molecule has 0 aromatic heterocycles. The van der Waals surface area contributed by atoms with Crippen molar-refractivity contribution in [3.63, 3.8) is 0 Å². The van der Waals surface area contributed by atoms with Crippen LogP contribution < -0.4 is 10.2 Å². The molecule has 5 rings (SSSR count). The van der Waals surface area contributed by atoms with Crippen molar-refractivity contribution >= 4 is 29.1 Å². The molecule has 2 bridgehead atoms. The van der Waals surface area contributed by atoms with E-state index in [0.717, 1.165) is 36.1 Å². The van der Waals surface area contributed by atoms with Gasteiger partial charge >= 0.3 is 0 Å². The fourth-order valence-electron chi connectivity index (χ4n) is 5.96. The Morgan fingerprint density at radius 2 is 1.62 bits per heavy atom. The van der Waals surface area contributed by atoms with Crippen LogP contribution in [-0.2, 0) is 22.4 Å². The second kappa shape index (κ2) is 7.73. The van der Waals surface area contributed by atoms with E-state index in [9.17, 15) is 14.4 Å². The van der Waals surface area contributed by atoms with Gasteiger partial charge in [-0.3, -0.25) is 14.4 Å². The van der Waals surface area contributed by atoms with Crippen LogP contribution >= 0.6 is 0 Å². The van der Waals surface area contributed by atoms with Gasteiger partial charge in [-0.15, -0.1) is 0 Å². The maximum atomic E-state index is 13.4. The van der Waals surface area contributed by atoms with Crippen LogP contribution in [0.1, 0.15) is 48.7 Å². The summed E-state index contributed by atoms with van der Waals surface area (Å²) >= 11 is 0. The van der Waals surface area contributed by atoms with E-state index in [-0.39, 0.29) is 41.4 Å². The number of rotatable bonds is 5. The van der Waals surface area contributed by atoms with Crippen molar-refractivity contribution in [1.82, 2.24) is 0 Å². The number of nitrogens with zero attached hydrogens (tertiary/aromatic N) is 1. The van der Waals surface area contributed by atoms with Gasteiger partial charge in [-0.05, 0) is 61.3 Å². The van der Waals surface area contributed by atoms with Crippen LogP contribution in [-0.4, -0.2) is 17.7 Å². The minimum Gasteiger partial charge on any atom is -0.321 e. The lowest BCUT2D eigenvalue weighted by Crippen LogP contribution is -2.34. The van der Waals surface area contributed by atoms with E-state index < -0.39 is 0 Å². The summed E-state index contributed by atoms with van der Waals surface area (Å²) in [5.41, 5.74) is 4.91. The number of imide groups is 1. The molecule has 5 nitrogen and oxygen atoms in total. The Balaban J connectivity index is 1.49. The summed E-state index contributed by atoms with van der Waals surface area (Å²) in [7, 11) is 0. The fourth-order valence-corrected chi connectivity index (χ4v) is 5.96. The molecule has 1 aliphatic heterocycles. The van der Waals surface area contributed by atoms with E-state index in [4.69, 9.17) is 0 Å². The zero-order chi connectivity index (χ0) is 22.6. The number of hydrogen-bond acceptors (Lipinski definition) is 3. The van der Waals surface area contributed by atoms with Gasteiger partial charge in [0.1, 0.15) is 0 Å². The summed E-state index contributed by atoms with van der Waals surface area (Å²) in [4.78, 5) is 41.5. The lowest BCUT2D eigenvalue weighted by molar-refractivity contribution is -0.123. The Labute approximate surface area is 188 Å². The summed E-state index contributed by atoms with van der Waals surface area (Å²) in [6.45, 7) is 6.17. The SMILES string of the molecule is CCc1cccc(CC)c1NC(=O)c1ccccc1N1C(=O)[C@H]2[C@H](C1=O)[C@H]1C=C(C)[C@H]2C1. The average molecular weight is 429 g/mol. The minimum atomic E-state index is -0.300. The first-order valence-corrected chi connectivity index (χ1v) is 11.5. The van der Waals surface area contributed by atoms with E-state index in [1.165, 1.54) is 10.5 Å². The van der Waals surface area contributed by atoms with E-state index in [1.54, 1.807) is 24.3 Å². The monoisotopic (exact) mass is 428 g/mol. The number of benzene rings is 2. The number of para-hydroxylation sites is 2.